The Morgan fingerprint density at radius 3 is 2.72 bits per heavy atom. The fourth-order valence-corrected chi connectivity index (χ4v) is 2.06. The van der Waals surface area contributed by atoms with E-state index in [2.05, 4.69) is 44.8 Å². The topological polar surface area (TPSA) is 51.0 Å². The van der Waals surface area contributed by atoms with Crippen LogP contribution in [0.2, 0.25) is 0 Å². The van der Waals surface area contributed by atoms with Crippen molar-refractivity contribution in [2.45, 2.75) is 27.2 Å². The summed E-state index contributed by atoms with van der Waals surface area (Å²) in [5.41, 5.74) is 2.02. The maximum absolute atomic E-state index is 5.45. The lowest BCUT2D eigenvalue weighted by Crippen LogP contribution is -2.07. The van der Waals surface area contributed by atoms with Gasteiger partial charge in [-0.15, -0.1) is 0 Å². The van der Waals surface area contributed by atoms with Crippen LogP contribution >= 0.6 is 22.6 Å². The van der Waals surface area contributed by atoms with Gasteiger partial charge in [-0.3, -0.25) is 0 Å². The molecular weight excluding hydrogens is 341 g/mol. The number of rotatable bonds is 4. The Bertz CT molecular complexity index is 551. The summed E-state index contributed by atoms with van der Waals surface area (Å²) >= 11 is 2.27. The number of hydrogen-bond donors (Lipinski definition) is 1. The summed E-state index contributed by atoms with van der Waals surface area (Å²) < 4.78 is 6.51. The van der Waals surface area contributed by atoms with Crippen LogP contribution in [0.25, 0.3) is 11.6 Å². The number of nitrogens with one attached hydrogen (secondary N) is 1. The van der Waals surface area contributed by atoms with Gasteiger partial charge in [-0.1, -0.05) is 6.92 Å². The normalized spacial score (nSPS) is 10.7. The van der Waals surface area contributed by atoms with Gasteiger partial charge in [-0.05, 0) is 54.5 Å². The lowest BCUT2D eigenvalue weighted by Gasteiger charge is -2.10. The number of furan rings is 1. The fraction of sp³-hybridized carbons (Fsp3) is 0.385. The number of anilines is 1. The van der Waals surface area contributed by atoms with Gasteiger partial charge in [0.1, 0.15) is 5.82 Å². The predicted octanol–water partition coefficient (Wildman–Crippen LogP) is 3.78. The number of aromatic nitrogens is 2. The molecule has 0 unspecified atom stereocenters. The van der Waals surface area contributed by atoms with Crippen LogP contribution in [0.5, 0.6) is 0 Å². The molecule has 1 N–H and O–H groups in total. The molecule has 0 bridgehead atoms. The zero-order valence-corrected chi connectivity index (χ0v) is 12.9. The lowest BCUT2D eigenvalue weighted by molar-refractivity contribution is 0.575. The minimum absolute atomic E-state index is 0.647. The highest BCUT2D eigenvalue weighted by molar-refractivity contribution is 14.1. The van der Waals surface area contributed by atoms with Gasteiger partial charge in [0.2, 0.25) is 0 Å². The third kappa shape index (κ3) is 2.66. The third-order valence-corrected chi connectivity index (χ3v) is 3.92. The number of hydrogen-bond acceptors (Lipinski definition) is 4. The Hall–Kier alpha value is -1.11. The van der Waals surface area contributed by atoms with Crippen LogP contribution in [0, 0.1) is 17.4 Å². The van der Waals surface area contributed by atoms with Crippen molar-refractivity contribution in [1.29, 1.82) is 0 Å². The Kier molecular flexibility index (Phi) is 4.21. The summed E-state index contributed by atoms with van der Waals surface area (Å²) in [5.74, 6) is 2.28. The van der Waals surface area contributed by atoms with Gasteiger partial charge in [-0.25, -0.2) is 9.97 Å². The molecule has 2 rings (SSSR count). The van der Waals surface area contributed by atoms with Crippen molar-refractivity contribution in [2.24, 2.45) is 0 Å². The van der Waals surface area contributed by atoms with E-state index in [9.17, 15) is 0 Å². The quantitative estimate of drug-likeness (QED) is 0.847. The fourth-order valence-electron chi connectivity index (χ4n) is 1.62. The predicted molar refractivity (Wildman–Crippen MR) is 80.7 cm³/mol. The minimum atomic E-state index is 0.647. The van der Waals surface area contributed by atoms with E-state index < -0.39 is 0 Å². The second-order valence-electron chi connectivity index (χ2n) is 4.15. The Balaban J connectivity index is 2.44. The van der Waals surface area contributed by atoms with E-state index in [1.165, 1.54) is 0 Å². The second-order valence-corrected chi connectivity index (χ2v) is 5.23. The van der Waals surface area contributed by atoms with E-state index in [1.807, 2.05) is 19.9 Å². The van der Waals surface area contributed by atoms with Crippen LogP contribution in [0.4, 0.5) is 5.82 Å². The van der Waals surface area contributed by atoms with Crippen molar-refractivity contribution in [1.82, 2.24) is 9.97 Å². The summed E-state index contributed by atoms with van der Waals surface area (Å²) in [6, 6.07) is 1.92. The van der Waals surface area contributed by atoms with E-state index in [1.54, 1.807) is 6.26 Å². The maximum Gasteiger partial charge on any atom is 0.198 e. The molecule has 2 aromatic rings. The first-order valence-electron chi connectivity index (χ1n) is 5.96. The molecule has 0 aromatic carbocycles. The van der Waals surface area contributed by atoms with Crippen LogP contribution < -0.4 is 5.32 Å². The number of aryl methyl sites for hydroxylation is 2. The van der Waals surface area contributed by atoms with E-state index in [4.69, 9.17) is 4.42 Å². The van der Waals surface area contributed by atoms with Gasteiger partial charge in [0, 0.05) is 6.54 Å². The zero-order chi connectivity index (χ0) is 13.1. The van der Waals surface area contributed by atoms with Crippen molar-refractivity contribution < 1.29 is 4.42 Å². The van der Waals surface area contributed by atoms with E-state index >= 15 is 0 Å². The van der Waals surface area contributed by atoms with Gasteiger partial charge in [-0.2, -0.15) is 0 Å². The summed E-state index contributed by atoms with van der Waals surface area (Å²) in [4.78, 5) is 9.04. The smallest absolute Gasteiger partial charge is 0.198 e. The largest absolute Gasteiger partial charge is 0.461 e. The summed E-state index contributed by atoms with van der Waals surface area (Å²) in [5, 5.41) is 3.32. The minimum Gasteiger partial charge on any atom is -0.461 e. The molecule has 4 nitrogen and oxygen atoms in total. The molecule has 0 aliphatic carbocycles. The average Bonchev–Trinajstić information content (AvgIpc) is 2.77. The van der Waals surface area contributed by atoms with Crippen LogP contribution in [-0.4, -0.2) is 16.5 Å². The highest BCUT2D eigenvalue weighted by Gasteiger charge is 2.14. The van der Waals surface area contributed by atoms with Crippen molar-refractivity contribution in [3.8, 4) is 11.6 Å². The molecular formula is C13H16IN3O. The van der Waals surface area contributed by atoms with E-state index in [0.717, 1.165) is 39.4 Å². The third-order valence-electron chi connectivity index (χ3n) is 2.62. The standard InChI is InChI=1S/C13H16IN3O/c1-4-6-15-12-10(14)9(3)16-13(17-12)11-8(2)5-7-18-11/h5,7H,4,6H2,1-3H3,(H,15,16,17). The van der Waals surface area contributed by atoms with Gasteiger partial charge in [0.15, 0.2) is 11.6 Å². The van der Waals surface area contributed by atoms with Gasteiger partial charge < -0.3 is 9.73 Å². The lowest BCUT2D eigenvalue weighted by atomic mass is 10.2. The molecule has 0 saturated carbocycles. The molecule has 0 saturated heterocycles. The average molecular weight is 357 g/mol. The molecule has 0 aliphatic heterocycles. The monoisotopic (exact) mass is 357 g/mol. The first-order valence-corrected chi connectivity index (χ1v) is 7.03. The van der Waals surface area contributed by atoms with Crippen molar-refractivity contribution in [3.05, 3.63) is 27.2 Å². The molecule has 5 heteroatoms. The number of halogens is 1. The molecule has 2 heterocycles. The van der Waals surface area contributed by atoms with Gasteiger partial charge in [0.25, 0.3) is 0 Å². The van der Waals surface area contributed by atoms with Crippen LogP contribution in [0.3, 0.4) is 0 Å². The number of nitrogens with zero attached hydrogens (tertiary/aromatic N) is 2. The molecule has 0 amide bonds. The first kappa shape index (κ1) is 13.3. The Morgan fingerprint density at radius 2 is 2.11 bits per heavy atom. The van der Waals surface area contributed by atoms with E-state index in [-0.39, 0.29) is 0 Å². The van der Waals surface area contributed by atoms with Crippen molar-refractivity contribution >= 4 is 28.4 Å². The van der Waals surface area contributed by atoms with Crippen molar-refractivity contribution in [2.75, 3.05) is 11.9 Å². The van der Waals surface area contributed by atoms with Crippen LogP contribution in [-0.2, 0) is 0 Å². The summed E-state index contributed by atoms with van der Waals surface area (Å²) in [6.07, 6.45) is 2.73. The first-order chi connectivity index (χ1) is 8.63. The maximum atomic E-state index is 5.45. The highest BCUT2D eigenvalue weighted by atomic mass is 127. The van der Waals surface area contributed by atoms with Crippen molar-refractivity contribution in [3.63, 3.8) is 0 Å². The van der Waals surface area contributed by atoms with Gasteiger partial charge >= 0.3 is 0 Å². The molecule has 0 aliphatic rings. The molecule has 96 valence electrons. The molecule has 0 atom stereocenters. The van der Waals surface area contributed by atoms with Gasteiger partial charge in [0.05, 0.1) is 15.5 Å². The summed E-state index contributed by atoms with van der Waals surface area (Å²) in [7, 11) is 0. The van der Waals surface area contributed by atoms with Crippen LogP contribution in [0.1, 0.15) is 24.6 Å². The molecule has 18 heavy (non-hydrogen) atoms. The van der Waals surface area contributed by atoms with Crippen LogP contribution in [0.15, 0.2) is 16.7 Å². The Labute approximate surface area is 120 Å². The molecule has 0 fully saturated rings. The molecule has 0 spiro atoms. The highest BCUT2D eigenvalue weighted by Crippen LogP contribution is 2.26. The zero-order valence-electron chi connectivity index (χ0n) is 10.7. The second kappa shape index (κ2) is 5.69. The van der Waals surface area contributed by atoms with E-state index in [0.29, 0.717) is 5.82 Å². The summed E-state index contributed by atoms with van der Waals surface area (Å²) in [6.45, 7) is 7.02. The molecule has 0 radical (unpaired) electrons. The Morgan fingerprint density at radius 1 is 1.33 bits per heavy atom. The molecule has 2 aromatic heterocycles. The SMILES string of the molecule is CCCNc1nc(-c2occc2C)nc(C)c1I.